The van der Waals surface area contributed by atoms with Crippen molar-refractivity contribution in [1.29, 1.82) is 0 Å². The van der Waals surface area contributed by atoms with E-state index in [0.29, 0.717) is 0 Å². The van der Waals surface area contributed by atoms with Gasteiger partial charge in [0.2, 0.25) is 5.95 Å². The van der Waals surface area contributed by atoms with Crippen LogP contribution in [0.1, 0.15) is 12.8 Å². The summed E-state index contributed by atoms with van der Waals surface area (Å²) in [5.41, 5.74) is 0. The largest absolute Gasteiger partial charge is 0.381 e. The Morgan fingerprint density at radius 2 is 2.05 bits per heavy atom. The molecule has 1 aromatic heterocycles. The molecule has 0 spiro atoms. The first kappa shape index (κ1) is 12.8. The van der Waals surface area contributed by atoms with Gasteiger partial charge in [0.1, 0.15) is 0 Å². The maximum atomic E-state index is 5.46. The summed E-state index contributed by atoms with van der Waals surface area (Å²) >= 11 is 0. The molecule has 1 atom stereocenters. The monoisotopic (exact) mass is 262 g/mol. The second-order valence-electron chi connectivity index (χ2n) is 5.42. The highest BCUT2D eigenvalue weighted by Crippen LogP contribution is 2.16. The van der Waals surface area contributed by atoms with Crippen LogP contribution in [0.4, 0.5) is 5.95 Å². The molecule has 0 saturated carbocycles. The average Bonchev–Trinajstić information content (AvgIpc) is 2.85. The first-order chi connectivity index (χ1) is 9.42. The predicted octanol–water partition coefficient (Wildman–Crippen LogP) is 1.03. The molecule has 2 aliphatic rings. The van der Waals surface area contributed by atoms with E-state index in [9.17, 15) is 0 Å². The third kappa shape index (κ3) is 3.42. The summed E-state index contributed by atoms with van der Waals surface area (Å²) in [6.07, 6.45) is 6.05. The number of aromatic nitrogens is 2. The number of ether oxygens (including phenoxy) is 1. The van der Waals surface area contributed by atoms with Gasteiger partial charge in [-0.3, -0.25) is 0 Å². The lowest BCUT2D eigenvalue weighted by molar-refractivity contribution is 0.169. The normalized spacial score (nSPS) is 25.5. The van der Waals surface area contributed by atoms with Crippen molar-refractivity contribution >= 4 is 5.95 Å². The van der Waals surface area contributed by atoms with Gasteiger partial charge in [-0.05, 0) is 31.4 Å². The number of anilines is 1. The van der Waals surface area contributed by atoms with Crippen molar-refractivity contribution < 1.29 is 4.74 Å². The Labute approximate surface area is 114 Å². The van der Waals surface area contributed by atoms with Crippen LogP contribution in [0.15, 0.2) is 18.5 Å². The first-order valence-corrected chi connectivity index (χ1v) is 7.24. The molecule has 0 bridgehead atoms. The Balaban J connectivity index is 1.53. The van der Waals surface area contributed by atoms with Crippen molar-refractivity contribution in [3.05, 3.63) is 18.5 Å². The summed E-state index contributed by atoms with van der Waals surface area (Å²) in [5.74, 6) is 1.60. The lowest BCUT2D eigenvalue weighted by atomic mass is 10.1. The Kier molecular flexibility index (Phi) is 4.25. The van der Waals surface area contributed by atoms with E-state index in [1.807, 2.05) is 18.5 Å². The van der Waals surface area contributed by atoms with E-state index in [-0.39, 0.29) is 0 Å². The highest BCUT2D eigenvalue weighted by molar-refractivity contribution is 5.28. The Bertz CT molecular complexity index is 380. The van der Waals surface area contributed by atoms with Gasteiger partial charge in [-0.1, -0.05) is 0 Å². The van der Waals surface area contributed by atoms with Crippen LogP contribution in [0, 0.1) is 5.92 Å². The highest BCUT2D eigenvalue weighted by Gasteiger charge is 2.22. The number of nitrogens with zero attached hydrogens (tertiary/aromatic N) is 4. The predicted molar refractivity (Wildman–Crippen MR) is 74.2 cm³/mol. The van der Waals surface area contributed by atoms with Gasteiger partial charge in [0.15, 0.2) is 0 Å². The number of hydrogen-bond acceptors (Lipinski definition) is 5. The zero-order valence-electron chi connectivity index (χ0n) is 11.4. The summed E-state index contributed by atoms with van der Waals surface area (Å²) in [4.78, 5) is 13.6. The van der Waals surface area contributed by atoms with E-state index in [1.165, 1.54) is 25.9 Å². The molecule has 2 aliphatic heterocycles. The molecule has 2 fully saturated rings. The summed E-state index contributed by atoms with van der Waals surface area (Å²) in [5, 5.41) is 0. The fraction of sp³-hybridized carbons (Fsp3) is 0.714. The molecule has 0 aromatic carbocycles. The molecule has 0 aliphatic carbocycles. The third-order valence-electron chi connectivity index (χ3n) is 3.96. The maximum absolute atomic E-state index is 5.46. The second kappa shape index (κ2) is 6.30. The molecule has 0 unspecified atom stereocenters. The maximum Gasteiger partial charge on any atom is 0.225 e. The van der Waals surface area contributed by atoms with E-state index >= 15 is 0 Å². The SMILES string of the molecule is c1cnc(N2CCCN(C[C@@H]3CCOC3)CC2)nc1. The van der Waals surface area contributed by atoms with Crippen LogP contribution in [0.5, 0.6) is 0 Å². The lowest BCUT2D eigenvalue weighted by Gasteiger charge is -2.23. The summed E-state index contributed by atoms with van der Waals surface area (Å²) in [7, 11) is 0. The van der Waals surface area contributed by atoms with Crippen molar-refractivity contribution in [2.45, 2.75) is 12.8 Å². The van der Waals surface area contributed by atoms with E-state index in [0.717, 1.165) is 44.7 Å². The molecule has 0 N–H and O–H groups in total. The molecular formula is C14H22N4O. The van der Waals surface area contributed by atoms with Crippen molar-refractivity contribution in [3.8, 4) is 0 Å². The molecule has 104 valence electrons. The van der Waals surface area contributed by atoms with Gasteiger partial charge in [-0.15, -0.1) is 0 Å². The van der Waals surface area contributed by atoms with E-state index in [1.54, 1.807) is 0 Å². The first-order valence-electron chi connectivity index (χ1n) is 7.24. The zero-order chi connectivity index (χ0) is 12.9. The summed E-state index contributed by atoms with van der Waals surface area (Å²) < 4.78 is 5.46. The fourth-order valence-corrected chi connectivity index (χ4v) is 2.90. The van der Waals surface area contributed by atoms with Crippen molar-refractivity contribution in [2.24, 2.45) is 5.92 Å². The molecule has 3 heterocycles. The average molecular weight is 262 g/mol. The molecule has 5 nitrogen and oxygen atoms in total. The molecule has 5 heteroatoms. The molecule has 3 rings (SSSR count). The van der Waals surface area contributed by atoms with Crippen molar-refractivity contribution in [2.75, 3.05) is 50.8 Å². The van der Waals surface area contributed by atoms with E-state index in [4.69, 9.17) is 4.74 Å². The molecule has 1 aromatic rings. The highest BCUT2D eigenvalue weighted by atomic mass is 16.5. The van der Waals surface area contributed by atoms with Crippen molar-refractivity contribution in [1.82, 2.24) is 14.9 Å². The minimum atomic E-state index is 0.736. The van der Waals surface area contributed by atoms with Gasteiger partial charge in [0.25, 0.3) is 0 Å². The van der Waals surface area contributed by atoms with Crippen LogP contribution in [0.25, 0.3) is 0 Å². The topological polar surface area (TPSA) is 41.5 Å². The standard InChI is InChI=1S/C14H22N4O/c1-4-15-14(16-5-1)18-7-2-6-17(8-9-18)11-13-3-10-19-12-13/h1,4-5,13H,2-3,6-12H2/t13-/m0/s1. The van der Waals surface area contributed by atoms with Crippen LogP contribution >= 0.6 is 0 Å². The van der Waals surface area contributed by atoms with Crippen LogP contribution in [-0.4, -0.2) is 60.8 Å². The van der Waals surface area contributed by atoms with Gasteiger partial charge in [-0.25, -0.2) is 9.97 Å². The van der Waals surface area contributed by atoms with Gasteiger partial charge >= 0.3 is 0 Å². The number of rotatable bonds is 3. The minimum Gasteiger partial charge on any atom is -0.381 e. The Morgan fingerprint density at radius 3 is 2.84 bits per heavy atom. The Hall–Kier alpha value is -1.20. The summed E-state index contributed by atoms with van der Waals surface area (Å²) in [6, 6.07) is 1.87. The third-order valence-corrected chi connectivity index (χ3v) is 3.96. The number of hydrogen-bond donors (Lipinski definition) is 0. The van der Waals surface area contributed by atoms with Gasteiger partial charge in [-0.2, -0.15) is 0 Å². The molecule has 2 saturated heterocycles. The quantitative estimate of drug-likeness (QED) is 0.813. The van der Waals surface area contributed by atoms with E-state index < -0.39 is 0 Å². The van der Waals surface area contributed by atoms with Gasteiger partial charge < -0.3 is 14.5 Å². The van der Waals surface area contributed by atoms with Gasteiger partial charge in [0.05, 0.1) is 6.61 Å². The van der Waals surface area contributed by atoms with Crippen LogP contribution in [0.2, 0.25) is 0 Å². The summed E-state index contributed by atoms with van der Waals surface area (Å²) in [6.45, 7) is 7.45. The van der Waals surface area contributed by atoms with E-state index in [2.05, 4.69) is 19.8 Å². The van der Waals surface area contributed by atoms with Crippen LogP contribution in [-0.2, 0) is 4.74 Å². The zero-order valence-corrected chi connectivity index (χ0v) is 11.4. The minimum absolute atomic E-state index is 0.736. The molecule has 0 radical (unpaired) electrons. The molecule has 0 amide bonds. The Morgan fingerprint density at radius 1 is 1.16 bits per heavy atom. The lowest BCUT2D eigenvalue weighted by Crippen LogP contribution is -2.34. The van der Waals surface area contributed by atoms with Gasteiger partial charge in [0, 0.05) is 45.2 Å². The fourth-order valence-electron chi connectivity index (χ4n) is 2.90. The molecular weight excluding hydrogens is 240 g/mol. The van der Waals surface area contributed by atoms with Crippen LogP contribution in [0.3, 0.4) is 0 Å². The van der Waals surface area contributed by atoms with Crippen LogP contribution < -0.4 is 4.90 Å². The van der Waals surface area contributed by atoms with Crippen molar-refractivity contribution in [3.63, 3.8) is 0 Å². The smallest absolute Gasteiger partial charge is 0.225 e. The molecule has 19 heavy (non-hydrogen) atoms. The second-order valence-corrected chi connectivity index (χ2v) is 5.42.